The van der Waals surface area contributed by atoms with Crippen LogP contribution < -0.4 is 5.56 Å². The molecule has 60 valence electrons. The van der Waals surface area contributed by atoms with Gasteiger partial charge in [0.15, 0.2) is 5.16 Å². The van der Waals surface area contributed by atoms with E-state index in [0.29, 0.717) is 10.9 Å². The molecule has 1 rings (SSSR count). The van der Waals surface area contributed by atoms with Crippen LogP contribution >= 0.6 is 11.8 Å². The van der Waals surface area contributed by atoms with Gasteiger partial charge in [-0.3, -0.25) is 9.36 Å². The number of hydrogen-bond acceptors (Lipinski definition) is 4. The zero-order valence-corrected chi connectivity index (χ0v) is 7.47. The van der Waals surface area contributed by atoms with Gasteiger partial charge >= 0.3 is 0 Å². The van der Waals surface area contributed by atoms with Gasteiger partial charge in [-0.2, -0.15) is 0 Å². The number of rotatable bonds is 1. The standard InChI is InChI=1S/C6H9N3OS/c1-4-5(10)9(2)6(11-3)8-7-4/h1-3H3. The second-order valence-electron chi connectivity index (χ2n) is 2.14. The molecule has 0 radical (unpaired) electrons. The average molecular weight is 171 g/mol. The van der Waals surface area contributed by atoms with Gasteiger partial charge < -0.3 is 0 Å². The van der Waals surface area contributed by atoms with Crippen molar-refractivity contribution in [2.24, 2.45) is 7.05 Å². The van der Waals surface area contributed by atoms with Crippen molar-refractivity contribution in [2.45, 2.75) is 12.1 Å². The van der Waals surface area contributed by atoms with E-state index in [4.69, 9.17) is 0 Å². The van der Waals surface area contributed by atoms with Crippen LogP contribution in [-0.4, -0.2) is 21.0 Å². The van der Waals surface area contributed by atoms with Crippen molar-refractivity contribution < 1.29 is 0 Å². The monoisotopic (exact) mass is 171 g/mol. The van der Waals surface area contributed by atoms with Crippen LogP contribution in [0.25, 0.3) is 0 Å². The van der Waals surface area contributed by atoms with Gasteiger partial charge in [0.2, 0.25) is 0 Å². The quantitative estimate of drug-likeness (QED) is 0.566. The van der Waals surface area contributed by atoms with Crippen LogP contribution in [0.4, 0.5) is 0 Å². The highest BCUT2D eigenvalue weighted by Crippen LogP contribution is 2.05. The van der Waals surface area contributed by atoms with E-state index in [9.17, 15) is 4.79 Å². The lowest BCUT2D eigenvalue weighted by Crippen LogP contribution is -2.23. The van der Waals surface area contributed by atoms with E-state index >= 15 is 0 Å². The molecule has 1 heterocycles. The lowest BCUT2D eigenvalue weighted by molar-refractivity contribution is 0.648. The molecule has 0 fully saturated rings. The Morgan fingerprint density at radius 3 is 2.64 bits per heavy atom. The molecule has 0 aromatic carbocycles. The predicted molar refractivity (Wildman–Crippen MR) is 43.8 cm³/mol. The van der Waals surface area contributed by atoms with Crippen LogP contribution in [0.2, 0.25) is 0 Å². The van der Waals surface area contributed by atoms with Crippen molar-refractivity contribution in [1.82, 2.24) is 14.8 Å². The molecule has 0 atom stereocenters. The molecule has 5 heteroatoms. The minimum Gasteiger partial charge on any atom is -0.288 e. The van der Waals surface area contributed by atoms with Crippen LogP contribution in [0.3, 0.4) is 0 Å². The number of aromatic nitrogens is 3. The van der Waals surface area contributed by atoms with Crippen molar-refractivity contribution in [1.29, 1.82) is 0 Å². The van der Waals surface area contributed by atoms with Crippen LogP contribution in [0.1, 0.15) is 5.69 Å². The molecule has 0 N–H and O–H groups in total. The highest BCUT2D eigenvalue weighted by molar-refractivity contribution is 7.98. The molecule has 0 unspecified atom stereocenters. The topological polar surface area (TPSA) is 47.8 Å². The maximum Gasteiger partial charge on any atom is 0.275 e. The molecule has 11 heavy (non-hydrogen) atoms. The summed E-state index contributed by atoms with van der Waals surface area (Å²) in [6.07, 6.45) is 1.86. The normalized spacial score (nSPS) is 10.1. The Bertz CT molecular complexity index is 320. The minimum absolute atomic E-state index is 0.0793. The number of hydrogen-bond donors (Lipinski definition) is 0. The Hall–Kier alpha value is -0.840. The molecule has 0 bridgehead atoms. The SMILES string of the molecule is CSc1nnc(C)c(=O)n1C. The first kappa shape index (κ1) is 8.26. The van der Waals surface area contributed by atoms with Gasteiger partial charge in [-0.05, 0) is 13.2 Å². The fourth-order valence-corrected chi connectivity index (χ4v) is 1.21. The Morgan fingerprint density at radius 2 is 2.09 bits per heavy atom. The van der Waals surface area contributed by atoms with Crippen LogP contribution in [0, 0.1) is 6.92 Å². The third kappa shape index (κ3) is 1.42. The van der Waals surface area contributed by atoms with Crippen molar-refractivity contribution in [3.63, 3.8) is 0 Å². The van der Waals surface area contributed by atoms with E-state index < -0.39 is 0 Å². The van der Waals surface area contributed by atoms with Gasteiger partial charge in [0.25, 0.3) is 5.56 Å². The smallest absolute Gasteiger partial charge is 0.275 e. The molecular formula is C6H9N3OS. The summed E-state index contributed by atoms with van der Waals surface area (Å²) in [5, 5.41) is 8.18. The molecule has 1 aromatic rings. The lowest BCUT2D eigenvalue weighted by Gasteiger charge is -2.01. The summed E-state index contributed by atoms with van der Waals surface area (Å²) in [4.78, 5) is 11.2. The molecule has 1 aromatic heterocycles. The van der Waals surface area contributed by atoms with Crippen molar-refractivity contribution >= 4 is 11.8 Å². The molecule has 0 spiro atoms. The second-order valence-corrected chi connectivity index (χ2v) is 2.91. The highest BCUT2D eigenvalue weighted by Gasteiger charge is 2.02. The van der Waals surface area contributed by atoms with Crippen molar-refractivity contribution in [3.8, 4) is 0 Å². The molecule has 0 amide bonds. The third-order valence-corrected chi connectivity index (χ3v) is 2.09. The summed E-state index contributed by atoms with van der Waals surface area (Å²) in [5.74, 6) is 0. The highest BCUT2D eigenvalue weighted by atomic mass is 32.2. The van der Waals surface area contributed by atoms with E-state index in [-0.39, 0.29) is 5.56 Å². The molecule has 4 nitrogen and oxygen atoms in total. The molecule has 0 aliphatic heterocycles. The molecule has 0 aliphatic carbocycles. The first-order valence-electron chi connectivity index (χ1n) is 3.11. The fourth-order valence-electron chi connectivity index (χ4n) is 0.735. The Balaban J connectivity index is 3.37. The summed E-state index contributed by atoms with van der Waals surface area (Å²) >= 11 is 1.41. The summed E-state index contributed by atoms with van der Waals surface area (Å²) in [7, 11) is 1.69. The lowest BCUT2D eigenvalue weighted by atomic mass is 10.5. The predicted octanol–water partition coefficient (Wildman–Crippen LogP) is 0.206. The maximum absolute atomic E-state index is 11.2. The molecular weight excluding hydrogens is 162 g/mol. The zero-order chi connectivity index (χ0) is 8.43. The van der Waals surface area contributed by atoms with E-state index in [0.717, 1.165) is 0 Å². The van der Waals surface area contributed by atoms with Gasteiger partial charge in [-0.15, -0.1) is 10.2 Å². The zero-order valence-electron chi connectivity index (χ0n) is 6.66. The van der Waals surface area contributed by atoms with Gasteiger partial charge in [0, 0.05) is 7.05 Å². The Labute approximate surface area is 68.6 Å². The average Bonchev–Trinajstić information content (AvgIpc) is 2.01. The Morgan fingerprint density at radius 1 is 1.45 bits per heavy atom. The number of thioether (sulfide) groups is 1. The van der Waals surface area contributed by atoms with E-state index in [1.807, 2.05) is 6.26 Å². The molecule has 0 saturated heterocycles. The number of nitrogens with zero attached hydrogens (tertiary/aromatic N) is 3. The van der Waals surface area contributed by atoms with Crippen molar-refractivity contribution in [2.75, 3.05) is 6.26 Å². The summed E-state index contributed by atoms with van der Waals surface area (Å²) in [6.45, 7) is 1.65. The summed E-state index contributed by atoms with van der Waals surface area (Å²) in [6, 6.07) is 0. The molecule has 0 saturated carbocycles. The van der Waals surface area contributed by atoms with E-state index in [1.165, 1.54) is 16.3 Å². The largest absolute Gasteiger partial charge is 0.288 e. The Kier molecular flexibility index (Phi) is 2.28. The van der Waals surface area contributed by atoms with Gasteiger partial charge in [-0.1, -0.05) is 11.8 Å². The van der Waals surface area contributed by atoms with Crippen LogP contribution in [0.5, 0.6) is 0 Å². The summed E-state index contributed by atoms with van der Waals surface area (Å²) < 4.78 is 1.49. The minimum atomic E-state index is -0.0793. The van der Waals surface area contributed by atoms with Gasteiger partial charge in [0.05, 0.1) is 0 Å². The van der Waals surface area contributed by atoms with E-state index in [1.54, 1.807) is 14.0 Å². The molecule has 0 aliphatic rings. The first-order chi connectivity index (χ1) is 5.16. The third-order valence-electron chi connectivity index (χ3n) is 1.37. The summed E-state index contributed by atoms with van der Waals surface area (Å²) in [5.41, 5.74) is 0.356. The van der Waals surface area contributed by atoms with Gasteiger partial charge in [0.1, 0.15) is 5.69 Å². The van der Waals surface area contributed by atoms with Crippen molar-refractivity contribution in [3.05, 3.63) is 16.0 Å². The second kappa shape index (κ2) is 3.04. The van der Waals surface area contributed by atoms with E-state index in [2.05, 4.69) is 10.2 Å². The van der Waals surface area contributed by atoms with Gasteiger partial charge in [-0.25, -0.2) is 0 Å². The number of aryl methyl sites for hydroxylation is 1. The first-order valence-corrected chi connectivity index (χ1v) is 4.33. The maximum atomic E-state index is 11.2. The van der Waals surface area contributed by atoms with Crippen LogP contribution in [-0.2, 0) is 7.05 Å². The fraction of sp³-hybridized carbons (Fsp3) is 0.500. The van der Waals surface area contributed by atoms with Crippen LogP contribution in [0.15, 0.2) is 9.95 Å².